The molecule has 2 aromatic rings. The van der Waals surface area contributed by atoms with Crippen molar-refractivity contribution in [3.8, 4) is 0 Å². The fraction of sp³-hybridized carbons (Fsp3) is 0.391. The lowest BCUT2D eigenvalue weighted by Crippen LogP contribution is -2.48. The summed E-state index contributed by atoms with van der Waals surface area (Å²) in [5, 5.41) is 21.6. The van der Waals surface area contributed by atoms with Gasteiger partial charge in [-0.25, -0.2) is 21.6 Å². The molecule has 35 heavy (non-hydrogen) atoms. The zero-order chi connectivity index (χ0) is 25.7. The quantitative estimate of drug-likeness (QED) is 0.179. The number of carbonyl (C=O) groups excluding carboxylic acids is 1. The van der Waals surface area contributed by atoms with Gasteiger partial charge in [0.25, 0.3) is 5.91 Å². The predicted octanol–water partition coefficient (Wildman–Crippen LogP) is 3.81. The maximum atomic E-state index is 13.7. The number of hydrogen-bond donors (Lipinski definition) is 3. The number of nitrogens with one attached hydrogen (secondary N) is 1. The van der Waals surface area contributed by atoms with Crippen LogP contribution in [0.3, 0.4) is 0 Å². The molecule has 1 amide bonds. The molecule has 2 aromatic carbocycles. The van der Waals surface area contributed by atoms with E-state index in [4.69, 9.17) is 11.6 Å². The number of aliphatic hydroxyl groups is 1. The highest BCUT2D eigenvalue weighted by Crippen LogP contribution is 2.51. The molecule has 0 radical (unpaired) electrons. The predicted molar refractivity (Wildman–Crippen MR) is 121 cm³/mol. The molecule has 0 heterocycles. The summed E-state index contributed by atoms with van der Waals surface area (Å²) in [6, 6.07) is 4.80. The Morgan fingerprint density at radius 2 is 1.71 bits per heavy atom. The first-order valence-electron chi connectivity index (χ1n) is 10.8. The molecule has 2 fully saturated rings. The third-order valence-electron chi connectivity index (χ3n) is 6.60. The number of benzene rings is 2. The smallest absolute Gasteiger partial charge is 0.255 e. The summed E-state index contributed by atoms with van der Waals surface area (Å²) in [7, 11) is -2.68. The molecule has 4 atom stereocenters. The summed E-state index contributed by atoms with van der Waals surface area (Å²) < 4.78 is 68.2. The number of rotatable bonds is 5. The van der Waals surface area contributed by atoms with Gasteiger partial charge in [-0.15, -0.1) is 0 Å². The molecule has 12 heteroatoms. The van der Waals surface area contributed by atoms with Crippen LogP contribution in [0, 0.1) is 29.3 Å². The van der Waals surface area contributed by atoms with E-state index in [1.54, 1.807) is 0 Å². The Hall–Kier alpha value is -2.63. The molecule has 2 bridgehead atoms. The molecule has 2 aliphatic carbocycles. The van der Waals surface area contributed by atoms with Crippen LogP contribution in [-0.2, 0) is 9.84 Å². The maximum absolute atomic E-state index is 13.7. The molecule has 3 unspecified atom stereocenters. The van der Waals surface area contributed by atoms with E-state index in [1.165, 1.54) is 25.4 Å². The average Bonchev–Trinajstić information content (AvgIpc) is 3.04. The number of fused-ring (bicyclic) bond motifs is 2. The molecular weight excluding hydrogens is 509 g/mol. The third kappa shape index (κ3) is 4.89. The highest BCUT2D eigenvalue weighted by molar-refractivity contribution is 7.92. The van der Waals surface area contributed by atoms with Crippen LogP contribution in [0.15, 0.2) is 35.2 Å². The largest absolute Gasteiger partial charge is 0.379 e. The van der Waals surface area contributed by atoms with E-state index < -0.39 is 55.9 Å². The monoisotopic (exact) mass is 531 g/mol. The van der Waals surface area contributed by atoms with Gasteiger partial charge in [0.2, 0.25) is 6.21 Å². The Balaban J connectivity index is 1.62. The summed E-state index contributed by atoms with van der Waals surface area (Å²) in [6.45, 7) is 0. The van der Waals surface area contributed by atoms with E-state index in [2.05, 4.69) is 5.32 Å². The lowest BCUT2D eigenvalue weighted by atomic mass is 9.78. The van der Waals surface area contributed by atoms with E-state index in [-0.39, 0.29) is 34.0 Å². The van der Waals surface area contributed by atoms with Gasteiger partial charge in [0.1, 0.15) is 5.60 Å². The zero-order valence-corrected chi connectivity index (χ0v) is 20.1. The third-order valence-corrected chi connectivity index (χ3v) is 9.47. The molecule has 0 aromatic heterocycles. The normalized spacial score (nSPS) is 26.6. The number of amides is 1. The molecule has 7 nitrogen and oxygen atoms in total. The minimum atomic E-state index is -4.04. The Labute approximate surface area is 204 Å². The van der Waals surface area contributed by atoms with E-state index in [9.17, 15) is 36.7 Å². The topological polar surface area (TPSA) is 107 Å². The van der Waals surface area contributed by atoms with Gasteiger partial charge in [0.15, 0.2) is 34.3 Å². The van der Waals surface area contributed by atoms with Gasteiger partial charge in [-0.05, 0) is 60.5 Å². The van der Waals surface area contributed by atoms with Crippen LogP contribution < -0.4 is 5.32 Å². The van der Waals surface area contributed by atoms with Crippen molar-refractivity contribution in [1.82, 2.24) is 0 Å². The van der Waals surface area contributed by atoms with Crippen LogP contribution in [0.25, 0.3) is 0 Å². The summed E-state index contributed by atoms with van der Waals surface area (Å²) in [6.07, 6.45) is 2.68. The second-order valence-corrected chi connectivity index (χ2v) is 11.7. The van der Waals surface area contributed by atoms with E-state index >= 15 is 0 Å². The molecular formula is C23H23ClF3N2O5S+. The second kappa shape index (κ2) is 9.11. The van der Waals surface area contributed by atoms with E-state index in [0.29, 0.717) is 25.0 Å². The van der Waals surface area contributed by atoms with Crippen LogP contribution in [-0.4, -0.2) is 53.5 Å². The van der Waals surface area contributed by atoms with Crippen molar-refractivity contribution in [2.45, 2.75) is 41.4 Å². The number of hydroxylamine groups is 1. The highest BCUT2D eigenvalue weighted by atomic mass is 35.5. The van der Waals surface area contributed by atoms with Gasteiger partial charge in [-0.2, -0.15) is 0 Å². The first kappa shape index (κ1) is 25.5. The van der Waals surface area contributed by atoms with Gasteiger partial charge < -0.3 is 10.4 Å². The van der Waals surface area contributed by atoms with Crippen LogP contribution in [0.2, 0.25) is 5.02 Å². The standard InChI is InChI=1S/C23H22ClF3N2O5S/c1-29(32)11-23(31)9-13-2-3-14(10-23)21(13)35(33,34)19-6-12(4-5-16(19)24)22(30)28-15-7-17(25)20(27)18(26)8-15/h4-8,11,13-14,21,31H,2-3,9-10H2,1H3,(H-,28,30,32)/p+1/b29-11+/t13-,14?,21?,23?/m0/s1. The van der Waals surface area contributed by atoms with Gasteiger partial charge >= 0.3 is 0 Å². The number of halogens is 4. The van der Waals surface area contributed by atoms with Crippen molar-refractivity contribution in [2.24, 2.45) is 11.8 Å². The molecule has 4 rings (SSSR count). The molecule has 3 N–H and O–H groups in total. The number of hydrogen-bond acceptors (Lipinski definition) is 5. The average molecular weight is 532 g/mol. The highest BCUT2D eigenvalue weighted by Gasteiger charge is 2.55. The van der Waals surface area contributed by atoms with Crippen LogP contribution in [0.1, 0.15) is 36.0 Å². The van der Waals surface area contributed by atoms with Gasteiger partial charge in [0, 0.05) is 23.4 Å². The fourth-order valence-electron chi connectivity index (χ4n) is 5.37. The lowest BCUT2D eigenvalue weighted by molar-refractivity contribution is -0.753. The molecule has 2 aliphatic rings. The zero-order valence-electron chi connectivity index (χ0n) is 18.5. The fourth-order valence-corrected chi connectivity index (χ4v) is 8.21. The number of anilines is 1. The van der Waals surface area contributed by atoms with Gasteiger partial charge in [-0.3, -0.25) is 10.0 Å². The summed E-state index contributed by atoms with van der Waals surface area (Å²) >= 11 is 6.22. The molecule has 0 spiro atoms. The Morgan fingerprint density at radius 3 is 2.26 bits per heavy atom. The maximum Gasteiger partial charge on any atom is 0.255 e. The second-order valence-electron chi connectivity index (χ2n) is 9.17. The lowest BCUT2D eigenvalue weighted by Gasteiger charge is -2.37. The SMILES string of the molecule is C/[N+](O)=C\C1(O)CC2CC[C@@H](C1)C2S(=O)(=O)c1cc(C(=O)Nc2cc(F)c(F)c(F)c2)ccc1Cl. The van der Waals surface area contributed by atoms with Crippen molar-refractivity contribution in [3.63, 3.8) is 0 Å². The number of nitrogens with zero attached hydrogens (tertiary/aromatic N) is 1. The molecule has 0 aliphatic heterocycles. The van der Waals surface area contributed by atoms with Crippen molar-refractivity contribution < 1.29 is 41.4 Å². The van der Waals surface area contributed by atoms with Crippen molar-refractivity contribution >= 4 is 39.2 Å². The summed E-state index contributed by atoms with van der Waals surface area (Å²) in [5.41, 5.74) is -1.82. The molecule has 188 valence electrons. The van der Waals surface area contributed by atoms with Gasteiger partial charge in [-0.1, -0.05) is 11.6 Å². The number of carbonyl (C=O) groups is 1. The molecule has 0 saturated heterocycles. The number of sulfone groups is 1. The van der Waals surface area contributed by atoms with Crippen molar-refractivity contribution in [2.75, 3.05) is 12.4 Å². The van der Waals surface area contributed by atoms with Crippen LogP contribution in [0.5, 0.6) is 0 Å². The van der Waals surface area contributed by atoms with Crippen molar-refractivity contribution in [3.05, 3.63) is 58.4 Å². The van der Waals surface area contributed by atoms with Gasteiger partial charge in [0.05, 0.1) is 15.2 Å². The van der Waals surface area contributed by atoms with Crippen LogP contribution >= 0.6 is 11.6 Å². The van der Waals surface area contributed by atoms with E-state index in [0.717, 1.165) is 10.8 Å². The Morgan fingerprint density at radius 1 is 1.14 bits per heavy atom. The first-order chi connectivity index (χ1) is 16.3. The minimum Gasteiger partial charge on any atom is -0.379 e. The Kier molecular flexibility index (Phi) is 6.62. The van der Waals surface area contributed by atoms with E-state index in [1.807, 2.05) is 0 Å². The van der Waals surface area contributed by atoms with Crippen LogP contribution in [0.4, 0.5) is 18.9 Å². The van der Waals surface area contributed by atoms with Crippen molar-refractivity contribution in [1.29, 1.82) is 0 Å². The Bertz CT molecular complexity index is 1290. The first-order valence-corrected chi connectivity index (χ1v) is 12.7. The molecule has 2 saturated carbocycles. The minimum absolute atomic E-state index is 0.0951. The summed E-state index contributed by atoms with van der Waals surface area (Å²) in [5.74, 6) is -6.31. The summed E-state index contributed by atoms with van der Waals surface area (Å²) in [4.78, 5) is 12.4.